The first-order valence-electron chi connectivity index (χ1n) is 10.7. The van der Waals surface area contributed by atoms with Gasteiger partial charge in [-0.05, 0) is 29.8 Å². The Balaban J connectivity index is 1.49. The summed E-state index contributed by atoms with van der Waals surface area (Å²) in [5, 5.41) is 29.3. The van der Waals surface area contributed by atoms with Crippen LogP contribution in [0.25, 0.3) is 0 Å². The Morgan fingerprint density at radius 2 is 2.27 bits per heavy atom. The Kier molecular flexibility index (Phi) is 8.00. The van der Waals surface area contributed by atoms with Gasteiger partial charge in [0.1, 0.15) is 35.5 Å². The predicted octanol–water partition coefficient (Wildman–Crippen LogP) is 0.00500. The number of tetrazole rings is 1. The quantitative estimate of drug-likeness (QED) is 0.115. The number of terminal acetylenes is 1. The van der Waals surface area contributed by atoms with E-state index >= 15 is 0 Å². The molecule has 0 spiro atoms. The fraction of sp³-hybridized carbons (Fsp3) is 0.400. The maximum atomic E-state index is 13.0. The first-order valence-corrected chi connectivity index (χ1v) is 13.6. The second kappa shape index (κ2) is 11.2. The number of carboxylic acid groups (broad SMARTS) is 1. The zero-order valence-electron chi connectivity index (χ0n) is 19.5. The van der Waals surface area contributed by atoms with Crippen molar-refractivity contribution >= 4 is 63.5 Å². The molecule has 0 aliphatic carbocycles. The van der Waals surface area contributed by atoms with Gasteiger partial charge in [-0.15, -0.1) is 34.6 Å². The maximum absolute atomic E-state index is 13.0. The van der Waals surface area contributed by atoms with Gasteiger partial charge < -0.3 is 21.0 Å². The number of hydrogen-bond donors (Lipinski definition) is 3. The molecule has 1 saturated heterocycles. The standard InChI is InChI=1S/C20H21N9O5S3/c1-4-5-28-20(24-26-27-28)37-7-10-6-35-17-13(16(31)29(17)14(10)18(32)33)23-15(30)12(25-34-9(2)3)11-8-36-19(21)22-11/h1,8-9,13,17H,5-7H2,2-3H3,(H2,21,22)(H,23,30)(H,32,33)/t13?,17-/m0/s1. The molecule has 37 heavy (non-hydrogen) atoms. The average Bonchev–Trinajstić information content (AvgIpc) is 3.49. The first-order chi connectivity index (χ1) is 17.7. The predicted molar refractivity (Wildman–Crippen MR) is 136 cm³/mol. The van der Waals surface area contributed by atoms with Gasteiger partial charge in [0.05, 0.1) is 0 Å². The number of carboxylic acids is 1. The smallest absolute Gasteiger partial charge is 0.352 e. The number of nitrogens with zero attached hydrogens (tertiary/aromatic N) is 7. The third-order valence-corrected chi connectivity index (χ3v) is 8.04. The van der Waals surface area contributed by atoms with Gasteiger partial charge in [-0.3, -0.25) is 14.5 Å². The molecule has 0 aromatic carbocycles. The summed E-state index contributed by atoms with van der Waals surface area (Å²) >= 11 is 3.68. The summed E-state index contributed by atoms with van der Waals surface area (Å²) in [7, 11) is 0. The van der Waals surface area contributed by atoms with Crippen LogP contribution in [0.4, 0.5) is 5.13 Å². The number of anilines is 1. The zero-order valence-corrected chi connectivity index (χ0v) is 22.0. The van der Waals surface area contributed by atoms with Crippen LogP contribution in [0.15, 0.2) is 27.0 Å². The van der Waals surface area contributed by atoms with E-state index in [0.717, 1.165) is 11.3 Å². The SMILES string of the molecule is C#CCn1nnnc1SCC1=C(C(=O)O)N2C(=O)C(NC(=O)C(=NOC(C)C)c3csc(N)n3)[C@@H]2SC1. The van der Waals surface area contributed by atoms with Crippen molar-refractivity contribution in [1.82, 2.24) is 35.4 Å². The van der Waals surface area contributed by atoms with E-state index in [0.29, 0.717) is 16.5 Å². The van der Waals surface area contributed by atoms with Gasteiger partial charge in [-0.2, -0.15) is 0 Å². The molecule has 14 nitrogen and oxygen atoms in total. The van der Waals surface area contributed by atoms with E-state index in [9.17, 15) is 19.5 Å². The number of thioether (sulfide) groups is 2. The Hall–Kier alpha value is -3.62. The minimum Gasteiger partial charge on any atom is -0.477 e. The molecule has 2 aliphatic rings. The van der Waals surface area contributed by atoms with Crippen molar-refractivity contribution in [2.24, 2.45) is 5.16 Å². The molecular weight excluding hydrogens is 542 g/mol. The van der Waals surface area contributed by atoms with Gasteiger partial charge in [-0.25, -0.2) is 14.5 Å². The summed E-state index contributed by atoms with van der Waals surface area (Å²) in [5.74, 6) is 0.521. The summed E-state index contributed by atoms with van der Waals surface area (Å²) in [6, 6.07) is -0.954. The summed E-state index contributed by atoms with van der Waals surface area (Å²) < 4.78 is 1.42. The molecule has 17 heteroatoms. The molecule has 4 N–H and O–H groups in total. The highest BCUT2D eigenvalue weighted by Crippen LogP contribution is 2.41. The molecule has 1 unspecified atom stereocenters. The number of fused-ring (bicyclic) bond motifs is 1. The van der Waals surface area contributed by atoms with E-state index in [1.807, 2.05) is 0 Å². The summed E-state index contributed by atoms with van der Waals surface area (Å²) in [6.45, 7) is 3.65. The number of nitrogen functional groups attached to an aromatic ring is 1. The minimum atomic E-state index is -1.24. The fourth-order valence-electron chi connectivity index (χ4n) is 3.40. The summed E-state index contributed by atoms with van der Waals surface area (Å²) in [4.78, 5) is 48.7. The molecule has 1 fully saturated rings. The lowest BCUT2D eigenvalue weighted by Gasteiger charge is -2.49. The molecule has 194 valence electrons. The lowest BCUT2D eigenvalue weighted by Crippen LogP contribution is -2.71. The molecular formula is C20H21N9O5S3. The maximum Gasteiger partial charge on any atom is 0.352 e. The number of rotatable bonds is 10. The van der Waals surface area contributed by atoms with E-state index < -0.39 is 29.2 Å². The van der Waals surface area contributed by atoms with Crippen molar-refractivity contribution in [3.05, 3.63) is 22.3 Å². The topological polar surface area (TPSA) is 191 Å². The van der Waals surface area contributed by atoms with E-state index in [2.05, 4.69) is 36.9 Å². The lowest BCUT2D eigenvalue weighted by molar-refractivity contribution is -0.150. The van der Waals surface area contributed by atoms with E-state index in [1.165, 1.54) is 33.1 Å². The van der Waals surface area contributed by atoms with Crippen molar-refractivity contribution in [3.63, 3.8) is 0 Å². The monoisotopic (exact) mass is 563 g/mol. The highest BCUT2D eigenvalue weighted by molar-refractivity contribution is 8.01. The Labute approximate surface area is 223 Å². The van der Waals surface area contributed by atoms with Crippen LogP contribution in [-0.2, 0) is 25.8 Å². The van der Waals surface area contributed by atoms with Gasteiger partial charge in [-0.1, -0.05) is 22.8 Å². The Morgan fingerprint density at radius 1 is 1.49 bits per heavy atom. The van der Waals surface area contributed by atoms with Gasteiger partial charge in [0.15, 0.2) is 10.8 Å². The second-order valence-electron chi connectivity index (χ2n) is 7.90. The van der Waals surface area contributed by atoms with Crippen LogP contribution in [0.2, 0.25) is 0 Å². The van der Waals surface area contributed by atoms with Crippen LogP contribution in [0.5, 0.6) is 0 Å². The van der Waals surface area contributed by atoms with Crippen molar-refractivity contribution in [1.29, 1.82) is 0 Å². The third-order valence-electron chi connectivity index (χ3n) is 4.99. The number of aromatic nitrogens is 5. The number of nitrogens with one attached hydrogen (secondary N) is 1. The number of nitrogens with two attached hydrogens (primary N) is 1. The first kappa shape index (κ1) is 26.4. The van der Waals surface area contributed by atoms with Gasteiger partial charge in [0.2, 0.25) is 5.16 Å². The molecule has 0 radical (unpaired) electrons. The highest BCUT2D eigenvalue weighted by Gasteiger charge is 2.54. The number of carbonyl (C=O) groups excluding carboxylic acids is 2. The summed E-state index contributed by atoms with van der Waals surface area (Å²) in [6.07, 6.45) is 5.01. The number of aliphatic carboxylic acids is 1. The molecule has 2 aromatic heterocycles. The molecule has 2 amide bonds. The van der Waals surface area contributed by atoms with E-state index in [4.69, 9.17) is 17.0 Å². The highest BCUT2D eigenvalue weighted by atomic mass is 32.2. The molecule has 4 heterocycles. The third kappa shape index (κ3) is 5.55. The van der Waals surface area contributed by atoms with Crippen LogP contribution in [0, 0.1) is 12.3 Å². The van der Waals surface area contributed by atoms with E-state index in [1.54, 1.807) is 19.2 Å². The largest absolute Gasteiger partial charge is 0.477 e. The Morgan fingerprint density at radius 3 is 2.92 bits per heavy atom. The molecule has 4 rings (SSSR count). The van der Waals surface area contributed by atoms with Crippen LogP contribution >= 0.6 is 34.9 Å². The number of β-lactam (4-membered cyclic amide) rings is 1. The molecule has 2 aliphatic heterocycles. The van der Waals surface area contributed by atoms with E-state index in [-0.39, 0.29) is 40.6 Å². The average molecular weight is 564 g/mol. The minimum absolute atomic E-state index is 0.118. The number of oxime groups is 1. The van der Waals surface area contributed by atoms with Crippen molar-refractivity contribution < 1.29 is 24.3 Å². The Bertz CT molecular complexity index is 1330. The van der Waals surface area contributed by atoms with Crippen LogP contribution in [0.1, 0.15) is 19.5 Å². The molecule has 0 bridgehead atoms. The molecule has 2 aromatic rings. The van der Waals surface area contributed by atoms with Crippen molar-refractivity contribution in [2.45, 2.75) is 43.1 Å². The van der Waals surface area contributed by atoms with Gasteiger partial charge in [0, 0.05) is 16.9 Å². The van der Waals surface area contributed by atoms with Crippen LogP contribution in [0.3, 0.4) is 0 Å². The van der Waals surface area contributed by atoms with Gasteiger partial charge in [0.25, 0.3) is 11.8 Å². The second-order valence-corrected chi connectivity index (χ2v) is 10.8. The van der Waals surface area contributed by atoms with Gasteiger partial charge >= 0.3 is 5.97 Å². The lowest BCUT2D eigenvalue weighted by atomic mass is 10.0. The van der Waals surface area contributed by atoms with Crippen LogP contribution < -0.4 is 11.1 Å². The molecule has 2 atom stereocenters. The van der Waals surface area contributed by atoms with Crippen LogP contribution in [-0.4, -0.2) is 87.7 Å². The fourth-order valence-corrected chi connectivity index (χ4v) is 6.31. The number of amides is 2. The normalized spacial score (nSPS) is 19.4. The van der Waals surface area contributed by atoms with Crippen molar-refractivity contribution in [3.8, 4) is 12.3 Å². The molecule has 0 saturated carbocycles. The zero-order chi connectivity index (χ0) is 26.7. The number of carbonyl (C=O) groups is 3. The number of hydrogen-bond acceptors (Lipinski definition) is 13. The summed E-state index contributed by atoms with van der Waals surface area (Å²) in [5.41, 5.74) is 6.17. The number of thiazole rings is 1. The van der Waals surface area contributed by atoms with Crippen molar-refractivity contribution in [2.75, 3.05) is 17.2 Å².